The van der Waals surface area contributed by atoms with Crippen LogP contribution in [0.1, 0.15) is 16.1 Å². The number of fused-ring (bicyclic) bond motifs is 1. The molecule has 0 radical (unpaired) electrons. The summed E-state index contributed by atoms with van der Waals surface area (Å²) in [6, 6.07) is 7.06. The van der Waals surface area contributed by atoms with Crippen LogP contribution >= 0.6 is 0 Å². The zero-order valence-corrected chi connectivity index (χ0v) is 17.8. The van der Waals surface area contributed by atoms with Crippen molar-refractivity contribution in [2.45, 2.75) is 11.3 Å². The number of hydrogen-bond donors (Lipinski definition) is 1. The normalized spacial score (nSPS) is 15.1. The minimum Gasteiger partial charge on any atom is -0.465 e. The molecule has 31 heavy (non-hydrogen) atoms. The Bertz CT molecular complexity index is 1150. The highest BCUT2D eigenvalue weighted by Gasteiger charge is 2.30. The van der Waals surface area contributed by atoms with Gasteiger partial charge in [0.1, 0.15) is 16.4 Å². The Kier molecular flexibility index (Phi) is 6.16. The number of ether oxygens (including phenoxy) is 2. The Hall–Kier alpha value is -3.02. The third-order valence-corrected chi connectivity index (χ3v) is 6.86. The van der Waals surface area contributed by atoms with Crippen LogP contribution in [0.4, 0.5) is 5.82 Å². The molecule has 0 unspecified atom stereocenters. The van der Waals surface area contributed by atoms with Crippen molar-refractivity contribution in [3.05, 3.63) is 54.1 Å². The Labute approximate surface area is 179 Å². The minimum absolute atomic E-state index is 0.0627. The number of esters is 1. The highest BCUT2D eigenvalue weighted by atomic mass is 32.2. The van der Waals surface area contributed by atoms with Gasteiger partial charge in [-0.2, -0.15) is 4.31 Å². The summed E-state index contributed by atoms with van der Waals surface area (Å²) in [6.45, 7) is 1.54. The van der Waals surface area contributed by atoms with Gasteiger partial charge in [0.25, 0.3) is 0 Å². The summed E-state index contributed by atoms with van der Waals surface area (Å²) in [6.07, 6.45) is 5.71. The van der Waals surface area contributed by atoms with E-state index in [-0.39, 0.29) is 29.4 Å². The number of rotatable bonds is 7. The second-order valence-corrected chi connectivity index (χ2v) is 8.86. The van der Waals surface area contributed by atoms with E-state index >= 15 is 0 Å². The van der Waals surface area contributed by atoms with Crippen molar-refractivity contribution < 1.29 is 22.7 Å². The number of anilines is 1. The molecule has 10 nitrogen and oxygen atoms in total. The molecule has 1 aliphatic heterocycles. The summed E-state index contributed by atoms with van der Waals surface area (Å²) < 4.78 is 39.7. The lowest BCUT2D eigenvalue weighted by atomic mass is 10.3. The lowest BCUT2D eigenvalue weighted by molar-refractivity contribution is 0.0600. The number of imidazole rings is 1. The van der Waals surface area contributed by atoms with Gasteiger partial charge in [-0.1, -0.05) is 6.07 Å². The molecule has 3 aromatic heterocycles. The molecule has 0 aliphatic carbocycles. The molecule has 164 valence electrons. The van der Waals surface area contributed by atoms with Gasteiger partial charge >= 0.3 is 5.97 Å². The predicted molar refractivity (Wildman–Crippen MR) is 113 cm³/mol. The van der Waals surface area contributed by atoms with Crippen molar-refractivity contribution in [2.24, 2.45) is 0 Å². The fourth-order valence-electron chi connectivity index (χ4n) is 3.35. The van der Waals surface area contributed by atoms with E-state index in [2.05, 4.69) is 15.3 Å². The molecule has 4 rings (SSSR count). The van der Waals surface area contributed by atoms with Crippen molar-refractivity contribution >= 4 is 27.5 Å². The molecule has 0 saturated carbocycles. The maximum absolute atomic E-state index is 13.2. The molecule has 1 aliphatic rings. The van der Waals surface area contributed by atoms with Crippen molar-refractivity contribution in [2.75, 3.05) is 45.3 Å². The van der Waals surface area contributed by atoms with E-state index in [1.807, 2.05) is 35.0 Å². The lowest BCUT2D eigenvalue weighted by Gasteiger charge is -2.27. The van der Waals surface area contributed by atoms with Crippen molar-refractivity contribution in [1.29, 1.82) is 0 Å². The monoisotopic (exact) mass is 445 g/mol. The average molecular weight is 446 g/mol. The van der Waals surface area contributed by atoms with Gasteiger partial charge in [-0.15, -0.1) is 0 Å². The van der Waals surface area contributed by atoms with Crippen LogP contribution in [0, 0.1) is 0 Å². The van der Waals surface area contributed by atoms with E-state index < -0.39 is 16.0 Å². The molecular formula is C20H23N5O5S. The molecule has 0 atom stereocenters. The highest BCUT2D eigenvalue weighted by Crippen LogP contribution is 2.25. The summed E-state index contributed by atoms with van der Waals surface area (Å²) >= 11 is 0. The Balaban J connectivity index is 1.57. The summed E-state index contributed by atoms with van der Waals surface area (Å²) in [4.78, 5) is 20.6. The maximum Gasteiger partial charge on any atom is 0.339 e. The van der Waals surface area contributed by atoms with Crippen LogP contribution in [0.2, 0.25) is 0 Å². The number of pyridine rings is 2. The van der Waals surface area contributed by atoms with Crippen LogP contribution in [0.5, 0.6) is 0 Å². The number of sulfonamides is 1. The fraction of sp³-hybridized carbons (Fsp3) is 0.350. The number of hydrogen-bond acceptors (Lipinski definition) is 8. The minimum atomic E-state index is -3.87. The van der Waals surface area contributed by atoms with Crippen LogP contribution in [0.3, 0.4) is 0 Å². The Morgan fingerprint density at radius 1 is 1.29 bits per heavy atom. The van der Waals surface area contributed by atoms with Gasteiger partial charge in [-0.05, 0) is 18.2 Å². The number of nitrogens with one attached hydrogen (secondary N) is 1. The van der Waals surface area contributed by atoms with Crippen molar-refractivity contribution in [3.8, 4) is 0 Å². The van der Waals surface area contributed by atoms with Crippen LogP contribution < -0.4 is 5.32 Å². The predicted octanol–water partition coefficient (Wildman–Crippen LogP) is 1.19. The molecule has 1 N–H and O–H groups in total. The Morgan fingerprint density at radius 2 is 2.10 bits per heavy atom. The lowest BCUT2D eigenvalue weighted by Crippen LogP contribution is -2.41. The quantitative estimate of drug-likeness (QED) is 0.540. The smallest absolute Gasteiger partial charge is 0.339 e. The van der Waals surface area contributed by atoms with E-state index in [9.17, 15) is 13.2 Å². The second-order valence-electron chi connectivity index (χ2n) is 6.95. The first kappa shape index (κ1) is 21.2. The van der Waals surface area contributed by atoms with Crippen LogP contribution in [0.15, 0.2) is 47.8 Å². The van der Waals surface area contributed by atoms with Gasteiger partial charge in [0.15, 0.2) is 0 Å². The largest absolute Gasteiger partial charge is 0.465 e. The van der Waals surface area contributed by atoms with Crippen molar-refractivity contribution in [3.63, 3.8) is 0 Å². The maximum atomic E-state index is 13.2. The average Bonchev–Trinajstić information content (AvgIpc) is 3.22. The van der Waals surface area contributed by atoms with Gasteiger partial charge < -0.3 is 19.2 Å². The van der Waals surface area contributed by atoms with E-state index in [1.54, 1.807) is 0 Å². The summed E-state index contributed by atoms with van der Waals surface area (Å²) in [5.41, 5.74) is 1.77. The molecule has 0 bridgehead atoms. The molecule has 4 heterocycles. The standard InChI is InChI=1S/C20H23N5O5S/c1-29-20(26)15-12-17(31(27,28)25-8-10-30-11-9-25)19(22-13-15)21-6-5-16-14-24-7-3-2-4-18(24)23-16/h2-4,7,12-14H,5-6,8-11H2,1H3,(H,21,22). The van der Waals surface area contributed by atoms with Crippen molar-refractivity contribution in [1.82, 2.24) is 18.7 Å². The molecule has 0 aromatic carbocycles. The highest BCUT2D eigenvalue weighted by molar-refractivity contribution is 7.89. The molecule has 0 amide bonds. The topological polar surface area (TPSA) is 115 Å². The van der Waals surface area contributed by atoms with E-state index in [0.29, 0.717) is 26.2 Å². The molecule has 0 spiro atoms. The number of carbonyl (C=O) groups is 1. The zero-order valence-electron chi connectivity index (χ0n) is 17.0. The molecule has 11 heteroatoms. The number of aromatic nitrogens is 3. The summed E-state index contributed by atoms with van der Waals surface area (Å²) in [5.74, 6) is -0.468. The van der Waals surface area contributed by atoms with Crippen LogP contribution in [0.25, 0.3) is 5.65 Å². The third-order valence-electron chi connectivity index (χ3n) is 4.95. The number of carbonyl (C=O) groups excluding carboxylic acids is 1. The van der Waals surface area contributed by atoms with Gasteiger partial charge in [-0.25, -0.2) is 23.2 Å². The second kappa shape index (κ2) is 9.00. The van der Waals surface area contributed by atoms with Gasteiger partial charge in [0.2, 0.25) is 10.0 Å². The number of morpholine rings is 1. The SMILES string of the molecule is COC(=O)c1cnc(NCCc2cn3ccccc3n2)c(S(=O)(=O)N2CCOCC2)c1. The number of methoxy groups -OCH3 is 1. The van der Waals surface area contributed by atoms with E-state index in [1.165, 1.54) is 23.7 Å². The summed E-state index contributed by atoms with van der Waals surface area (Å²) in [5, 5.41) is 3.09. The van der Waals surface area contributed by atoms with Gasteiger partial charge in [-0.3, -0.25) is 0 Å². The number of nitrogens with zero attached hydrogens (tertiary/aromatic N) is 4. The molecule has 1 fully saturated rings. The van der Waals surface area contributed by atoms with E-state index in [4.69, 9.17) is 9.47 Å². The summed E-state index contributed by atoms with van der Waals surface area (Å²) in [7, 11) is -2.64. The van der Waals surface area contributed by atoms with Gasteiger partial charge in [0.05, 0.1) is 31.6 Å². The third kappa shape index (κ3) is 4.53. The van der Waals surface area contributed by atoms with Crippen LogP contribution in [-0.2, 0) is 25.9 Å². The first-order chi connectivity index (χ1) is 15.0. The molecule has 1 saturated heterocycles. The van der Waals surface area contributed by atoms with Gasteiger partial charge in [0, 0.05) is 44.6 Å². The first-order valence-corrected chi connectivity index (χ1v) is 11.3. The Morgan fingerprint density at radius 3 is 2.84 bits per heavy atom. The fourth-order valence-corrected chi connectivity index (χ4v) is 4.90. The van der Waals surface area contributed by atoms with Crippen LogP contribution in [-0.4, -0.2) is 73.0 Å². The molecule has 3 aromatic rings. The molecular weight excluding hydrogens is 422 g/mol. The zero-order chi connectivity index (χ0) is 21.8. The van der Waals surface area contributed by atoms with E-state index in [0.717, 1.165) is 11.3 Å². The first-order valence-electron chi connectivity index (χ1n) is 9.82.